The van der Waals surface area contributed by atoms with Crippen LogP contribution in [0, 0.1) is 24.1 Å². The largest absolute Gasteiger partial charge is 0.378 e. The molecule has 0 aliphatic carbocycles. The van der Waals surface area contributed by atoms with Gasteiger partial charge in [0.2, 0.25) is 0 Å². The van der Waals surface area contributed by atoms with Crippen LogP contribution in [-0.2, 0) is 4.74 Å². The lowest BCUT2D eigenvalue weighted by Crippen LogP contribution is -2.40. The minimum absolute atomic E-state index is 0.0166. The molecule has 0 unspecified atom stereocenters. The number of rotatable bonds is 4. The van der Waals surface area contributed by atoms with E-state index in [0.717, 1.165) is 11.3 Å². The number of nitrogens with one attached hydrogen (secondary N) is 1. The van der Waals surface area contributed by atoms with Gasteiger partial charge in [0.1, 0.15) is 11.9 Å². The average Bonchev–Trinajstić information content (AvgIpc) is 2.80. The average molecular weight is 415 g/mol. The molecule has 0 bridgehead atoms. The minimum atomic E-state index is -0.315. The summed E-state index contributed by atoms with van der Waals surface area (Å²) < 4.78 is 19.6. The number of nitriles is 1. The fourth-order valence-electron chi connectivity index (χ4n) is 3.57. The predicted octanol–water partition coefficient (Wildman–Crippen LogP) is 4.89. The van der Waals surface area contributed by atoms with E-state index in [4.69, 9.17) is 4.74 Å². The van der Waals surface area contributed by atoms with Crippen LogP contribution in [-0.4, -0.2) is 37.1 Å². The third kappa shape index (κ3) is 4.57. The van der Waals surface area contributed by atoms with Crippen LogP contribution in [0.3, 0.4) is 0 Å². The molecule has 156 valence electrons. The van der Waals surface area contributed by atoms with Crippen molar-refractivity contribution in [3.63, 3.8) is 0 Å². The minimum Gasteiger partial charge on any atom is -0.378 e. The zero-order valence-corrected chi connectivity index (χ0v) is 17.2. The van der Waals surface area contributed by atoms with Crippen LogP contribution < -0.4 is 5.32 Å². The van der Waals surface area contributed by atoms with Crippen LogP contribution in [0.15, 0.2) is 60.7 Å². The molecule has 1 fully saturated rings. The number of anilines is 2. The lowest BCUT2D eigenvalue weighted by atomic mass is 10.0. The van der Waals surface area contributed by atoms with Gasteiger partial charge in [-0.1, -0.05) is 18.2 Å². The van der Waals surface area contributed by atoms with Crippen molar-refractivity contribution in [3.05, 3.63) is 83.2 Å². The van der Waals surface area contributed by atoms with Crippen LogP contribution in [0.25, 0.3) is 11.1 Å². The van der Waals surface area contributed by atoms with E-state index in [1.165, 1.54) is 6.07 Å². The molecule has 1 heterocycles. The molecule has 1 N–H and O–H groups in total. The molecule has 0 aromatic heterocycles. The molecule has 0 radical (unpaired) electrons. The second-order valence-electron chi connectivity index (χ2n) is 7.46. The molecule has 0 spiro atoms. The van der Waals surface area contributed by atoms with Gasteiger partial charge in [0.15, 0.2) is 0 Å². The summed E-state index contributed by atoms with van der Waals surface area (Å²) in [5.41, 5.74) is 4.33. The number of amides is 1. The van der Waals surface area contributed by atoms with E-state index >= 15 is 0 Å². The van der Waals surface area contributed by atoms with Crippen molar-refractivity contribution in [1.82, 2.24) is 4.90 Å². The number of morpholine rings is 1. The van der Waals surface area contributed by atoms with Gasteiger partial charge >= 0.3 is 0 Å². The van der Waals surface area contributed by atoms with Crippen molar-refractivity contribution in [3.8, 4) is 17.2 Å². The number of carbonyl (C=O) groups excluding carboxylic acids is 1. The summed E-state index contributed by atoms with van der Waals surface area (Å²) in [5, 5.41) is 12.8. The van der Waals surface area contributed by atoms with Gasteiger partial charge in [-0.05, 0) is 60.5 Å². The first-order valence-electron chi connectivity index (χ1n) is 10.1. The van der Waals surface area contributed by atoms with Crippen molar-refractivity contribution < 1.29 is 13.9 Å². The van der Waals surface area contributed by atoms with Gasteiger partial charge in [-0.2, -0.15) is 5.26 Å². The summed E-state index contributed by atoms with van der Waals surface area (Å²) in [6, 6.07) is 19.6. The van der Waals surface area contributed by atoms with Crippen molar-refractivity contribution in [2.45, 2.75) is 6.92 Å². The zero-order chi connectivity index (χ0) is 21.8. The molecular formula is C25H22FN3O2. The van der Waals surface area contributed by atoms with E-state index in [1.807, 2.05) is 25.1 Å². The molecule has 1 aliphatic heterocycles. The Bertz CT molecular complexity index is 1150. The SMILES string of the molecule is Cc1ccc(-c2ccc(Nc3ccc(C(=O)N4CCOCC4)cc3)c(C#N)c2)c(F)c1. The molecule has 3 aromatic carbocycles. The number of carbonyl (C=O) groups is 1. The maximum absolute atomic E-state index is 14.3. The first-order chi connectivity index (χ1) is 15.0. The third-order valence-electron chi connectivity index (χ3n) is 5.28. The molecule has 1 saturated heterocycles. The molecule has 31 heavy (non-hydrogen) atoms. The molecule has 5 nitrogen and oxygen atoms in total. The van der Waals surface area contributed by atoms with E-state index in [9.17, 15) is 14.4 Å². The van der Waals surface area contributed by atoms with Crippen LogP contribution in [0.4, 0.5) is 15.8 Å². The molecule has 3 aromatic rings. The zero-order valence-electron chi connectivity index (χ0n) is 17.2. The molecule has 4 rings (SSSR count). The Morgan fingerprint density at radius 3 is 2.48 bits per heavy atom. The molecular weight excluding hydrogens is 393 g/mol. The van der Waals surface area contributed by atoms with Crippen LogP contribution >= 0.6 is 0 Å². The summed E-state index contributed by atoms with van der Waals surface area (Å²) in [6.07, 6.45) is 0. The number of ether oxygens (including phenoxy) is 1. The summed E-state index contributed by atoms with van der Waals surface area (Å²) in [4.78, 5) is 14.3. The van der Waals surface area contributed by atoms with Gasteiger partial charge in [0, 0.05) is 29.9 Å². The Hall–Kier alpha value is -3.69. The van der Waals surface area contributed by atoms with Crippen molar-refractivity contribution in [2.75, 3.05) is 31.6 Å². The monoisotopic (exact) mass is 415 g/mol. The summed E-state index contributed by atoms with van der Waals surface area (Å²) in [7, 11) is 0. The van der Waals surface area contributed by atoms with Gasteiger partial charge in [0.05, 0.1) is 24.5 Å². The van der Waals surface area contributed by atoms with Crippen LogP contribution in [0.5, 0.6) is 0 Å². The topological polar surface area (TPSA) is 65.4 Å². The van der Waals surface area contributed by atoms with Crippen LogP contribution in [0.2, 0.25) is 0 Å². The van der Waals surface area contributed by atoms with Crippen molar-refractivity contribution >= 4 is 17.3 Å². The summed E-state index contributed by atoms with van der Waals surface area (Å²) in [5.74, 6) is -0.331. The Labute approximate surface area is 180 Å². The maximum Gasteiger partial charge on any atom is 0.254 e. The van der Waals surface area contributed by atoms with E-state index in [2.05, 4.69) is 11.4 Å². The highest BCUT2D eigenvalue weighted by atomic mass is 19.1. The number of aryl methyl sites for hydroxylation is 1. The summed E-state index contributed by atoms with van der Waals surface area (Å²) in [6.45, 7) is 4.15. The standard InChI is InChI=1S/C25H22FN3O2/c1-17-2-8-22(23(26)14-17)19-5-9-24(20(15-19)16-27)28-21-6-3-18(4-7-21)25(30)29-10-12-31-13-11-29/h2-9,14-15,28H,10-13H2,1H3. The normalized spacial score (nSPS) is 13.5. The smallest absolute Gasteiger partial charge is 0.254 e. The van der Waals surface area contributed by atoms with E-state index in [0.29, 0.717) is 54.2 Å². The number of hydrogen-bond donors (Lipinski definition) is 1. The lowest BCUT2D eigenvalue weighted by molar-refractivity contribution is 0.0303. The number of hydrogen-bond acceptors (Lipinski definition) is 4. The number of nitrogens with zero attached hydrogens (tertiary/aromatic N) is 2. The highest BCUT2D eigenvalue weighted by Crippen LogP contribution is 2.29. The molecule has 0 atom stereocenters. The first kappa shape index (κ1) is 20.6. The van der Waals surface area contributed by atoms with Crippen LogP contribution in [0.1, 0.15) is 21.5 Å². The molecule has 1 aliphatic rings. The molecule has 1 amide bonds. The van der Waals surface area contributed by atoms with Crippen molar-refractivity contribution in [1.29, 1.82) is 5.26 Å². The van der Waals surface area contributed by atoms with Gasteiger partial charge < -0.3 is 15.0 Å². The van der Waals surface area contributed by atoms with E-state index < -0.39 is 0 Å². The number of benzene rings is 3. The van der Waals surface area contributed by atoms with Gasteiger partial charge in [0.25, 0.3) is 5.91 Å². The van der Waals surface area contributed by atoms with Gasteiger partial charge in [-0.25, -0.2) is 4.39 Å². The Balaban J connectivity index is 1.52. The predicted molar refractivity (Wildman–Crippen MR) is 118 cm³/mol. The Kier molecular flexibility index (Phi) is 5.96. The fourth-order valence-corrected chi connectivity index (χ4v) is 3.57. The second kappa shape index (κ2) is 8.99. The molecule has 0 saturated carbocycles. The second-order valence-corrected chi connectivity index (χ2v) is 7.46. The van der Waals surface area contributed by atoms with Crippen molar-refractivity contribution in [2.24, 2.45) is 0 Å². The highest BCUT2D eigenvalue weighted by molar-refractivity contribution is 5.94. The third-order valence-corrected chi connectivity index (χ3v) is 5.28. The van der Waals surface area contributed by atoms with E-state index in [-0.39, 0.29) is 11.7 Å². The lowest BCUT2D eigenvalue weighted by Gasteiger charge is -2.26. The highest BCUT2D eigenvalue weighted by Gasteiger charge is 2.18. The fraction of sp³-hybridized carbons (Fsp3) is 0.200. The quantitative estimate of drug-likeness (QED) is 0.659. The Morgan fingerprint density at radius 1 is 1.06 bits per heavy atom. The first-order valence-corrected chi connectivity index (χ1v) is 10.1. The van der Waals surface area contributed by atoms with Gasteiger partial charge in [-0.15, -0.1) is 0 Å². The van der Waals surface area contributed by atoms with E-state index in [1.54, 1.807) is 41.3 Å². The Morgan fingerprint density at radius 2 is 1.81 bits per heavy atom. The van der Waals surface area contributed by atoms with Gasteiger partial charge in [-0.3, -0.25) is 4.79 Å². The maximum atomic E-state index is 14.3. The number of halogens is 1. The summed E-state index contributed by atoms with van der Waals surface area (Å²) >= 11 is 0. The molecule has 6 heteroatoms.